The molecule has 1 aromatic carbocycles. The molecule has 0 atom stereocenters. The van der Waals surface area contributed by atoms with Gasteiger partial charge in [0.25, 0.3) is 5.91 Å². The van der Waals surface area contributed by atoms with E-state index in [4.69, 9.17) is 0 Å². The Labute approximate surface area is 132 Å². The van der Waals surface area contributed by atoms with Crippen molar-refractivity contribution < 1.29 is 4.79 Å². The molecule has 4 nitrogen and oxygen atoms in total. The monoisotopic (exact) mass is 347 g/mol. The second-order valence-corrected chi connectivity index (χ2v) is 6.28. The van der Waals surface area contributed by atoms with Crippen molar-refractivity contribution in [3.05, 3.63) is 52.3 Å². The number of carbonyl (C=O) groups is 1. The van der Waals surface area contributed by atoms with Gasteiger partial charge in [-0.15, -0.1) is 0 Å². The number of unbranched alkanes of at least 4 members (excludes halogenated alkanes) is 2. The van der Waals surface area contributed by atoms with Crippen LogP contribution in [0.3, 0.4) is 0 Å². The van der Waals surface area contributed by atoms with E-state index in [0.717, 1.165) is 54.5 Å². The average Bonchev–Trinajstić information content (AvgIpc) is 3.04. The Morgan fingerprint density at radius 3 is 2.71 bits per heavy atom. The number of aryl methyl sites for hydroxylation is 1. The minimum Gasteiger partial charge on any atom is -0.334 e. The third kappa shape index (κ3) is 3.35. The summed E-state index contributed by atoms with van der Waals surface area (Å²) >= 11 is 3.39. The number of hydrogen-bond donors (Lipinski definition) is 0. The van der Waals surface area contributed by atoms with Crippen LogP contribution in [0.4, 0.5) is 0 Å². The van der Waals surface area contributed by atoms with Gasteiger partial charge in [-0.3, -0.25) is 9.48 Å². The Kier molecular flexibility index (Phi) is 4.39. The lowest BCUT2D eigenvalue weighted by Crippen LogP contribution is -2.24. The fourth-order valence-electron chi connectivity index (χ4n) is 2.71. The third-order valence-electron chi connectivity index (χ3n) is 3.81. The molecule has 0 spiro atoms. The van der Waals surface area contributed by atoms with Gasteiger partial charge in [0.1, 0.15) is 0 Å². The van der Waals surface area contributed by atoms with Crippen molar-refractivity contribution in [2.75, 3.05) is 6.54 Å². The fourth-order valence-corrected chi connectivity index (χ4v) is 3.04. The second-order valence-electron chi connectivity index (χ2n) is 5.37. The number of halogens is 1. The number of amides is 1. The zero-order valence-electron chi connectivity index (χ0n) is 11.8. The molecule has 0 radical (unpaired) electrons. The molecule has 110 valence electrons. The van der Waals surface area contributed by atoms with E-state index in [1.807, 2.05) is 40.0 Å². The van der Waals surface area contributed by atoms with Crippen LogP contribution in [-0.2, 0) is 13.1 Å². The summed E-state index contributed by atoms with van der Waals surface area (Å²) in [6.07, 6.45) is 7.03. The molecule has 1 aliphatic rings. The summed E-state index contributed by atoms with van der Waals surface area (Å²) in [6, 6.07) is 7.90. The highest BCUT2D eigenvalue weighted by atomic mass is 79.9. The van der Waals surface area contributed by atoms with Crippen molar-refractivity contribution in [2.45, 2.75) is 32.4 Å². The van der Waals surface area contributed by atoms with Crippen molar-refractivity contribution >= 4 is 21.8 Å². The molecule has 2 aromatic rings. The van der Waals surface area contributed by atoms with Crippen LogP contribution in [0.15, 0.2) is 41.1 Å². The van der Waals surface area contributed by atoms with Crippen LogP contribution in [0.1, 0.15) is 35.2 Å². The summed E-state index contributed by atoms with van der Waals surface area (Å²) in [7, 11) is 0. The summed E-state index contributed by atoms with van der Waals surface area (Å²) in [5.74, 6) is 0.182. The minimum atomic E-state index is 0.182. The quantitative estimate of drug-likeness (QED) is 0.750. The Hall–Kier alpha value is -1.62. The van der Waals surface area contributed by atoms with Gasteiger partial charge in [-0.25, -0.2) is 0 Å². The van der Waals surface area contributed by atoms with Crippen LogP contribution >= 0.6 is 15.9 Å². The molecule has 2 heterocycles. The maximum Gasteiger partial charge on any atom is 0.254 e. The molecule has 0 N–H and O–H groups in total. The van der Waals surface area contributed by atoms with Crippen molar-refractivity contribution in [3.63, 3.8) is 0 Å². The molecular formula is C16H18BrN3O. The molecule has 5 heteroatoms. The van der Waals surface area contributed by atoms with E-state index in [1.165, 1.54) is 0 Å². The Morgan fingerprint density at radius 1 is 1.14 bits per heavy atom. The first-order chi connectivity index (χ1) is 10.2. The van der Waals surface area contributed by atoms with E-state index >= 15 is 0 Å². The minimum absolute atomic E-state index is 0.182. The first-order valence-electron chi connectivity index (χ1n) is 7.29. The summed E-state index contributed by atoms with van der Waals surface area (Å²) in [4.78, 5) is 14.1. The topological polar surface area (TPSA) is 38.1 Å². The molecule has 0 saturated carbocycles. The predicted molar refractivity (Wildman–Crippen MR) is 85.0 cm³/mol. The smallest absolute Gasteiger partial charge is 0.254 e. The Bertz CT molecular complexity index is 638. The third-order valence-corrected chi connectivity index (χ3v) is 4.22. The highest BCUT2D eigenvalue weighted by molar-refractivity contribution is 9.10. The van der Waals surface area contributed by atoms with E-state index in [1.54, 1.807) is 6.20 Å². The maximum absolute atomic E-state index is 12.2. The highest BCUT2D eigenvalue weighted by Crippen LogP contribution is 2.22. The molecule has 1 aliphatic heterocycles. The molecule has 0 aliphatic carbocycles. The first-order valence-corrected chi connectivity index (χ1v) is 8.08. The maximum atomic E-state index is 12.2. The molecule has 0 unspecified atom stereocenters. The van der Waals surface area contributed by atoms with Crippen LogP contribution in [0.25, 0.3) is 0 Å². The Balaban J connectivity index is 1.40. The number of benzene rings is 1. The molecule has 3 rings (SSSR count). The van der Waals surface area contributed by atoms with E-state index in [-0.39, 0.29) is 5.91 Å². The van der Waals surface area contributed by atoms with Gasteiger partial charge in [0.15, 0.2) is 0 Å². The van der Waals surface area contributed by atoms with Gasteiger partial charge in [-0.1, -0.05) is 18.2 Å². The van der Waals surface area contributed by atoms with E-state index in [2.05, 4.69) is 21.0 Å². The number of rotatable bonds is 6. The van der Waals surface area contributed by atoms with Gasteiger partial charge in [-0.2, -0.15) is 5.10 Å². The highest BCUT2D eigenvalue weighted by Gasteiger charge is 2.25. The predicted octanol–water partition coefficient (Wildman–Crippen LogP) is 3.47. The molecule has 1 amide bonds. The second kappa shape index (κ2) is 6.43. The molecule has 0 fully saturated rings. The standard InChI is InChI=1S/C16H18BrN3O/c17-14-10-18-20(12-14)9-5-1-4-8-19-11-13-6-2-3-7-15(13)16(19)21/h2-3,6-7,10,12H,1,4-5,8-9,11H2. The zero-order chi connectivity index (χ0) is 14.7. The van der Waals surface area contributed by atoms with Crippen molar-refractivity contribution in [1.82, 2.24) is 14.7 Å². The van der Waals surface area contributed by atoms with Crippen LogP contribution in [0, 0.1) is 0 Å². The van der Waals surface area contributed by atoms with Gasteiger partial charge in [0, 0.05) is 31.4 Å². The number of hydrogen-bond acceptors (Lipinski definition) is 2. The molecule has 0 saturated heterocycles. The van der Waals surface area contributed by atoms with E-state index in [0.29, 0.717) is 0 Å². The van der Waals surface area contributed by atoms with Gasteiger partial charge in [-0.05, 0) is 46.8 Å². The summed E-state index contributed by atoms with van der Waals surface area (Å²) in [5, 5.41) is 4.24. The number of fused-ring (bicyclic) bond motifs is 1. The lowest BCUT2D eigenvalue weighted by molar-refractivity contribution is 0.0775. The van der Waals surface area contributed by atoms with Gasteiger partial charge < -0.3 is 4.90 Å². The zero-order valence-corrected chi connectivity index (χ0v) is 13.4. The molecule has 1 aromatic heterocycles. The fraction of sp³-hybridized carbons (Fsp3) is 0.375. The van der Waals surface area contributed by atoms with Crippen molar-refractivity contribution in [2.24, 2.45) is 0 Å². The molecule has 21 heavy (non-hydrogen) atoms. The molecule has 0 bridgehead atoms. The summed E-state index contributed by atoms with van der Waals surface area (Å²) < 4.78 is 2.96. The van der Waals surface area contributed by atoms with Gasteiger partial charge >= 0.3 is 0 Å². The van der Waals surface area contributed by atoms with Crippen LogP contribution < -0.4 is 0 Å². The lowest BCUT2D eigenvalue weighted by atomic mass is 10.1. The first kappa shape index (κ1) is 14.3. The van der Waals surface area contributed by atoms with E-state index < -0.39 is 0 Å². The van der Waals surface area contributed by atoms with Crippen LogP contribution in [-0.4, -0.2) is 27.1 Å². The van der Waals surface area contributed by atoms with Gasteiger partial charge in [0.05, 0.1) is 10.7 Å². The van der Waals surface area contributed by atoms with E-state index in [9.17, 15) is 4.79 Å². The Morgan fingerprint density at radius 2 is 1.95 bits per heavy atom. The summed E-state index contributed by atoms with van der Waals surface area (Å²) in [5.41, 5.74) is 2.03. The number of nitrogens with zero attached hydrogens (tertiary/aromatic N) is 3. The summed E-state index contributed by atoms with van der Waals surface area (Å²) in [6.45, 7) is 2.54. The van der Waals surface area contributed by atoms with Crippen LogP contribution in [0.2, 0.25) is 0 Å². The average molecular weight is 348 g/mol. The number of aromatic nitrogens is 2. The molecular weight excluding hydrogens is 330 g/mol. The normalized spacial score (nSPS) is 13.8. The van der Waals surface area contributed by atoms with Gasteiger partial charge in [0.2, 0.25) is 0 Å². The van der Waals surface area contributed by atoms with Crippen LogP contribution in [0.5, 0.6) is 0 Å². The largest absolute Gasteiger partial charge is 0.334 e. The SMILES string of the molecule is O=C1c2ccccc2CN1CCCCCn1cc(Br)cn1. The number of carbonyl (C=O) groups excluding carboxylic acids is 1. The lowest BCUT2D eigenvalue weighted by Gasteiger charge is -2.15. The van der Waals surface area contributed by atoms with Crippen molar-refractivity contribution in [1.29, 1.82) is 0 Å². The van der Waals surface area contributed by atoms with Crippen molar-refractivity contribution in [3.8, 4) is 0 Å².